The monoisotopic (exact) mass is 327 g/mol. The summed E-state index contributed by atoms with van der Waals surface area (Å²) in [7, 11) is 1.58. The van der Waals surface area contributed by atoms with Crippen LogP contribution in [0.3, 0.4) is 0 Å². The molecule has 0 aliphatic heterocycles. The number of benzene rings is 1. The van der Waals surface area contributed by atoms with Gasteiger partial charge in [-0.25, -0.2) is 4.79 Å². The van der Waals surface area contributed by atoms with Crippen LogP contribution in [0.25, 0.3) is 0 Å². The molecule has 5 heteroatoms. The predicted octanol–water partition coefficient (Wildman–Crippen LogP) is 2.75. The standard InChI is InChI=1S/C14H18BrNO3/c1-14(2,3)19-13(18)12(17)16(4)9-10-6-5-7-11(15)8-10/h5-8H,9H2,1-4H3. The second-order valence-corrected chi connectivity index (χ2v) is 6.21. The van der Waals surface area contributed by atoms with E-state index in [-0.39, 0.29) is 0 Å². The zero-order chi connectivity index (χ0) is 14.6. The molecule has 0 aliphatic carbocycles. The molecule has 104 valence electrons. The second kappa shape index (κ2) is 6.19. The first-order valence-electron chi connectivity index (χ1n) is 5.92. The van der Waals surface area contributed by atoms with E-state index >= 15 is 0 Å². The lowest BCUT2D eigenvalue weighted by Crippen LogP contribution is -2.37. The van der Waals surface area contributed by atoms with E-state index in [1.165, 1.54) is 4.90 Å². The third-order valence-electron chi connectivity index (χ3n) is 2.23. The largest absolute Gasteiger partial charge is 0.453 e. The maximum Gasteiger partial charge on any atom is 0.397 e. The molecule has 0 saturated carbocycles. The number of carbonyl (C=O) groups is 2. The Labute approximate surface area is 121 Å². The Morgan fingerprint density at radius 3 is 2.47 bits per heavy atom. The Morgan fingerprint density at radius 2 is 1.95 bits per heavy atom. The highest BCUT2D eigenvalue weighted by molar-refractivity contribution is 9.10. The zero-order valence-electron chi connectivity index (χ0n) is 11.6. The van der Waals surface area contributed by atoms with Gasteiger partial charge in [0.2, 0.25) is 0 Å². The maximum absolute atomic E-state index is 11.8. The molecule has 19 heavy (non-hydrogen) atoms. The molecule has 0 spiro atoms. The summed E-state index contributed by atoms with van der Waals surface area (Å²) in [4.78, 5) is 24.8. The molecule has 0 unspecified atom stereocenters. The normalized spacial score (nSPS) is 11.0. The molecule has 1 aromatic rings. The number of nitrogens with zero attached hydrogens (tertiary/aromatic N) is 1. The number of hydrogen-bond acceptors (Lipinski definition) is 3. The molecular weight excluding hydrogens is 310 g/mol. The highest BCUT2D eigenvalue weighted by Gasteiger charge is 2.25. The average Bonchev–Trinajstić information content (AvgIpc) is 2.25. The highest BCUT2D eigenvalue weighted by Crippen LogP contribution is 2.14. The summed E-state index contributed by atoms with van der Waals surface area (Å²) in [6.45, 7) is 5.54. The van der Waals surface area contributed by atoms with Crippen LogP contribution in [0.4, 0.5) is 0 Å². The maximum atomic E-state index is 11.8. The van der Waals surface area contributed by atoms with Crippen LogP contribution < -0.4 is 0 Å². The van der Waals surface area contributed by atoms with Crippen LogP contribution in [0.5, 0.6) is 0 Å². The molecule has 0 aromatic heterocycles. The van der Waals surface area contributed by atoms with Gasteiger partial charge in [0.1, 0.15) is 5.60 Å². The molecule has 0 radical (unpaired) electrons. The van der Waals surface area contributed by atoms with E-state index in [1.54, 1.807) is 27.8 Å². The fourth-order valence-electron chi connectivity index (χ4n) is 1.46. The second-order valence-electron chi connectivity index (χ2n) is 5.29. The van der Waals surface area contributed by atoms with E-state index in [1.807, 2.05) is 24.3 Å². The van der Waals surface area contributed by atoms with E-state index in [0.29, 0.717) is 6.54 Å². The number of esters is 1. The summed E-state index contributed by atoms with van der Waals surface area (Å²) in [6.07, 6.45) is 0. The minimum Gasteiger partial charge on any atom is -0.453 e. The van der Waals surface area contributed by atoms with Crippen molar-refractivity contribution in [2.45, 2.75) is 32.9 Å². The molecule has 1 rings (SSSR count). The smallest absolute Gasteiger partial charge is 0.397 e. The van der Waals surface area contributed by atoms with Gasteiger partial charge in [-0.05, 0) is 38.5 Å². The third-order valence-corrected chi connectivity index (χ3v) is 2.72. The summed E-state index contributed by atoms with van der Waals surface area (Å²) in [5, 5.41) is 0. The Balaban J connectivity index is 2.65. The van der Waals surface area contributed by atoms with Gasteiger partial charge in [0.15, 0.2) is 0 Å². The van der Waals surface area contributed by atoms with Crippen molar-refractivity contribution >= 4 is 27.8 Å². The van der Waals surface area contributed by atoms with Gasteiger partial charge >= 0.3 is 11.9 Å². The fourth-order valence-corrected chi connectivity index (χ4v) is 1.91. The molecule has 0 aliphatic rings. The Hall–Kier alpha value is -1.36. The zero-order valence-corrected chi connectivity index (χ0v) is 13.2. The van der Waals surface area contributed by atoms with Crippen molar-refractivity contribution in [2.24, 2.45) is 0 Å². The lowest BCUT2D eigenvalue weighted by atomic mass is 10.2. The Kier molecular flexibility index (Phi) is 5.11. The first kappa shape index (κ1) is 15.7. The van der Waals surface area contributed by atoms with Gasteiger partial charge in [-0.15, -0.1) is 0 Å². The van der Waals surface area contributed by atoms with E-state index in [2.05, 4.69) is 15.9 Å². The van der Waals surface area contributed by atoms with E-state index < -0.39 is 17.5 Å². The molecular formula is C14H18BrNO3. The minimum atomic E-state index is -0.829. The number of hydrogen-bond donors (Lipinski definition) is 0. The van der Waals surface area contributed by atoms with Crippen molar-refractivity contribution in [3.05, 3.63) is 34.3 Å². The summed E-state index contributed by atoms with van der Waals surface area (Å²) in [5.74, 6) is -1.47. The molecule has 0 bridgehead atoms. The van der Waals surface area contributed by atoms with Gasteiger partial charge in [0, 0.05) is 18.1 Å². The van der Waals surface area contributed by atoms with E-state index in [0.717, 1.165) is 10.0 Å². The van der Waals surface area contributed by atoms with Gasteiger partial charge in [-0.3, -0.25) is 4.79 Å². The van der Waals surface area contributed by atoms with Crippen LogP contribution in [-0.2, 0) is 20.9 Å². The van der Waals surface area contributed by atoms with Gasteiger partial charge < -0.3 is 9.64 Å². The van der Waals surface area contributed by atoms with Crippen LogP contribution in [0, 0.1) is 0 Å². The summed E-state index contributed by atoms with van der Waals surface area (Å²) in [6, 6.07) is 7.58. The van der Waals surface area contributed by atoms with Crippen LogP contribution >= 0.6 is 15.9 Å². The van der Waals surface area contributed by atoms with Crippen LogP contribution in [0.2, 0.25) is 0 Å². The van der Waals surface area contributed by atoms with E-state index in [4.69, 9.17) is 4.74 Å². The van der Waals surface area contributed by atoms with Gasteiger partial charge in [0.25, 0.3) is 0 Å². The lowest BCUT2D eigenvalue weighted by molar-refractivity contribution is -0.167. The van der Waals surface area contributed by atoms with Gasteiger partial charge in [0.05, 0.1) is 0 Å². The molecule has 0 saturated heterocycles. The fraction of sp³-hybridized carbons (Fsp3) is 0.429. The molecule has 0 heterocycles. The summed E-state index contributed by atoms with van der Waals surface area (Å²) in [5.41, 5.74) is 0.275. The lowest BCUT2D eigenvalue weighted by Gasteiger charge is -2.22. The highest BCUT2D eigenvalue weighted by atomic mass is 79.9. The van der Waals surface area contributed by atoms with Crippen molar-refractivity contribution in [1.82, 2.24) is 4.90 Å². The summed E-state index contributed by atoms with van der Waals surface area (Å²) < 4.78 is 5.98. The first-order valence-corrected chi connectivity index (χ1v) is 6.71. The topological polar surface area (TPSA) is 46.6 Å². The van der Waals surface area contributed by atoms with Crippen molar-refractivity contribution in [3.8, 4) is 0 Å². The van der Waals surface area contributed by atoms with Crippen molar-refractivity contribution in [1.29, 1.82) is 0 Å². The molecule has 0 atom stereocenters. The number of ether oxygens (including phenoxy) is 1. The minimum absolute atomic E-state index is 0.359. The number of rotatable bonds is 2. The SMILES string of the molecule is CN(Cc1cccc(Br)c1)C(=O)C(=O)OC(C)(C)C. The van der Waals surface area contributed by atoms with Gasteiger partial charge in [-0.2, -0.15) is 0 Å². The Morgan fingerprint density at radius 1 is 1.32 bits per heavy atom. The van der Waals surface area contributed by atoms with E-state index in [9.17, 15) is 9.59 Å². The van der Waals surface area contributed by atoms with Gasteiger partial charge in [-0.1, -0.05) is 28.1 Å². The first-order chi connectivity index (χ1) is 8.69. The summed E-state index contributed by atoms with van der Waals surface area (Å²) >= 11 is 3.36. The third kappa shape index (κ3) is 5.42. The number of amides is 1. The van der Waals surface area contributed by atoms with Crippen molar-refractivity contribution in [2.75, 3.05) is 7.05 Å². The van der Waals surface area contributed by atoms with Crippen LogP contribution in [-0.4, -0.2) is 29.4 Å². The van der Waals surface area contributed by atoms with Crippen LogP contribution in [0.1, 0.15) is 26.3 Å². The molecule has 0 fully saturated rings. The quantitative estimate of drug-likeness (QED) is 0.619. The number of carbonyl (C=O) groups excluding carboxylic acids is 2. The Bertz CT molecular complexity index is 480. The molecule has 0 N–H and O–H groups in total. The number of halogens is 1. The van der Waals surface area contributed by atoms with Crippen molar-refractivity contribution in [3.63, 3.8) is 0 Å². The molecule has 1 aromatic carbocycles. The molecule has 1 amide bonds. The molecule has 4 nitrogen and oxygen atoms in total. The van der Waals surface area contributed by atoms with Crippen LogP contribution in [0.15, 0.2) is 28.7 Å². The van der Waals surface area contributed by atoms with Crippen molar-refractivity contribution < 1.29 is 14.3 Å². The predicted molar refractivity (Wildman–Crippen MR) is 76.5 cm³/mol. The number of likely N-dealkylation sites (N-methyl/N-ethyl adjacent to an activating group) is 1. The average molecular weight is 328 g/mol.